The fraction of sp³-hybridized carbons (Fsp3) is 0.375. The third-order valence-corrected chi connectivity index (χ3v) is 6.71. The number of carbonyl (C=O) groups is 1. The summed E-state index contributed by atoms with van der Waals surface area (Å²) >= 11 is 1.87. The van der Waals surface area contributed by atoms with Gasteiger partial charge in [0.1, 0.15) is 5.82 Å². The molecule has 4 rings (SSSR count). The van der Waals surface area contributed by atoms with Gasteiger partial charge < -0.3 is 9.64 Å². The number of hydrogen-bond acceptors (Lipinski definition) is 6. The summed E-state index contributed by atoms with van der Waals surface area (Å²) in [5.74, 6) is 2.29. The molecule has 1 saturated heterocycles. The third-order valence-electron chi connectivity index (χ3n) is 5.70. The van der Waals surface area contributed by atoms with Gasteiger partial charge in [0, 0.05) is 42.0 Å². The van der Waals surface area contributed by atoms with Crippen molar-refractivity contribution in [2.75, 3.05) is 37.5 Å². The van der Waals surface area contributed by atoms with E-state index < -0.39 is 0 Å². The number of thioether (sulfide) groups is 1. The van der Waals surface area contributed by atoms with Crippen molar-refractivity contribution < 1.29 is 9.53 Å². The molecule has 162 valence electrons. The Morgan fingerprint density at radius 3 is 2.81 bits per heavy atom. The highest BCUT2D eigenvalue weighted by Crippen LogP contribution is 2.28. The smallest absolute Gasteiger partial charge is 0.254 e. The molecule has 1 aromatic carbocycles. The van der Waals surface area contributed by atoms with Crippen LogP contribution in [0.5, 0.6) is 0 Å². The minimum Gasteiger partial charge on any atom is -0.378 e. The summed E-state index contributed by atoms with van der Waals surface area (Å²) in [6, 6.07) is 11.6. The fourth-order valence-corrected chi connectivity index (χ4v) is 4.78. The zero-order chi connectivity index (χ0) is 21.6. The maximum atomic E-state index is 12.8. The van der Waals surface area contributed by atoms with E-state index in [4.69, 9.17) is 4.74 Å². The summed E-state index contributed by atoms with van der Waals surface area (Å²) in [7, 11) is 0. The van der Waals surface area contributed by atoms with Gasteiger partial charge >= 0.3 is 0 Å². The summed E-state index contributed by atoms with van der Waals surface area (Å²) in [5.41, 5.74) is 8.16. The van der Waals surface area contributed by atoms with Crippen LogP contribution in [0.3, 0.4) is 0 Å². The van der Waals surface area contributed by atoms with Crippen LogP contribution in [0.4, 0.5) is 5.82 Å². The monoisotopic (exact) mass is 436 g/mol. The van der Waals surface area contributed by atoms with Crippen molar-refractivity contribution in [1.82, 2.24) is 9.88 Å². The molecule has 1 fully saturated rings. The van der Waals surface area contributed by atoms with E-state index in [2.05, 4.69) is 34.8 Å². The fourth-order valence-electron chi connectivity index (χ4n) is 3.86. The van der Waals surface area contributed by atoms with Gasteiger partial charge in [0.15, 0.2) is 0 Å². The van der Waals surface area contributed by atoms with Gasteiger partial charge in [0.05, 0.1) is 13.2 Å². The van der Waals surface area contributed by atoms with E-state index in [1.807, 2.05) is 59.3 Å². The predicted molar refractivity (Wildman–Crippen MR) is 127 cm³/mol. The maximum absolute atomic E-state index is 12.8. The van der Waals surface area contributed by atoms with E-state index in [0.717, 1.165) is 29.0 Å². The molecule has 0 radical (unpaired) electrons. The largest absolute Gasteiger partial charge is 0.378 e. The van der Waals surface area contributed by atoms with E-state index in [-0.39, 0.29) is 5.91 Å². The van der Waals surface area contributed by atoms with Crippen molar-refractivity contribution in [1.29, 1.82) is 0 Å². The highest BCUT2D eigenvalue weighted by Gasteiger charge is 2.19. The van der Waals surface area contributed by atoms with E-state index >= 15 is 0 Å². The number of ether oxygens (including phenoxy) is 1. The third kappa shape index (κ3) is 5.35. The number of nitrogens with zero attached hydrogens (tertiary/aromatic N) is 3. The molecular formula is C24H28N4O2S. The molecule has 1 amide bonds. The predicted octanol–water partition coefficient (Wildman–Crippen LogP) is 4.67. The van der Waals surface area contributed by atoms with Crippen molar-refractivity contribution in [3.8, 4) is 11.1 Å². The zero-order valence-electron chi connectivity index (χ0n) is 18.0. The summed E-state index contributed by atoms with van der Waals surface area (Å²) in [5, 5.41) is 6.79. The first-order valence-electron chi connectivity index (χ1n) is 10.6. The van der Waals surface area contributed by atoms with Gasteiger partial charge in [0.2, 0.25) is 0 Å². The van der Waals surface area contributed by atoms with Crippen LogP contribution in [0.15, 0.2) is 58.7 Å². The minimum atomic E-state index is 0.0478. The number of aromatic nitrogens is 1. The number of amides is 1. The van der Waals surface area contributed by atoms with E-state index in [1.165, 1.54) is 5.57 Å². The average molecular weight is 437 g/mol. The number of morpholine rings is 1. The zero-order valence-corrected chi connectivity index (χ0v) is 18.8. The van der Waals surface area contributed by atoms with Crippen LogP contribution >= 0.6 is 11.8 Å². The summed E-state index contributed by atoms with van der Waals surface area (Å²) in [6.45, 7) is 6.71. The lowest BCUT2D eigenvalue weighted by atomic mass is 9.94. The van der Waals surface area contributed by atoms with Gasteiger partial charge in [-0.3, -0.25) is 10.2 Å². The first-order valence-corrected chi connectivity index (χ1v) is 11.7. The Balaban J connectivity index is 1.43. The first-order chi connectivity index (χ1) is 15.1. The highest BCUT2D eigenvalue weighted by molar-refractivity contribution is 8.02. The van der Waals surface area contributed by atoms with Crippen molar-refractivity contribution in [2.45, 2.75) is 20.3 Å². The molecule has 7 heteroatoms. The Morgan fingerprint density at radius 1 is 1.23 bits per heavy atom. The Labute approximate surface area is 187 Å². The Bertz CT molecular complexity index is 981. The molecule has 0 spiro atoms. The molecule has 6 nitrogen and oxygen atoms in total. The van der Waals surface area contributed by atoms with Gasteiger partial charge in [-0.1, -0.05) is 17.7 Å². The molecule has 2 aliphatic heterocycles. The average Bonchev–Trinajstić information content (AvgIpc) is 2.83. The van der Waals surface area contributed by atoms with Gasteiger partial charge in [-0.2, -0.15) is 5.10 Å². The van der Waals surface area contributed by atoms with Gasteiger partial charge in [-0.05, 0) is 61.3 Å². The second-order valence-corrected chi connectivity index (χ2v) is 8.83. The van der Waals surface area contributed by atoms with E-state index in [0.29, 0.717) is 43.6 Å². The number of hydrazone groups is 1. The quantitative estimate of drug-likeness (QED) is 0.545. The Hall–Kier alpha value is -2.64. The molecular weight excluding hydrogens is 408 g/mol. The number of pyridine rings is 1. The number of hydrogen-bond donors (Lipinski definition) is 1. The molecule has 31 heavy (non-hydrogen) atoms. The number of anilines is 1. The number of carbonyl (C=O) groups excluding carboxylic acids is 1. The topological polar surface area (TPSA) is 66.8 Å². The molecule has 2 aromatic rings. The van der Waals surface area contributed by atoms with Crippen LogP contribution in [0.25, 0.3) is 11.1 Å². The Morgan fingerprint density at radius 2 is 2.06 bits per heavy atom. The second kappa shape index (κ2) is 10.1. The number of rotatable bonds is 5. The second-order valence-electron chi connectivity index (χ2n) is 7.86. The van der Waals surface area contributed by atoms with Crippen LogP contribution in [0.2, 0.25) is 0 Å². The van der Waals surface area contributed by atoms with Crippen LogP contribution in [-0.4, -0.2) is 53.6 Å². The normalized spacial score (nSPS) is 19.7. The number of allylic oxidation sites excluding steroid dienone is 1. The molecule has 1 aromatic heterocycles. The molecule has 1 atom stereocenters. The highest BCUT2D eigenvalue weighted by atomic mass is 32.2. The Kier molecular flexibility index (Phi) is 7.04. The van der Waals surface area contributed by atoms with Gasteiger partial charge in [-0.25, -0.2) is 4.98 Å². The molecule has 1 unspecified atom stereocenters. The van der Waals surface area contributed by atoms with Crippen molar-refractivity contribution in [2.24, 2.45) is 11.0 Å². The van der Waals surface area contributed by atoms with Crippen molar-refractivity contribution in [3.05, 3.63) is 59.1 Å². The van der Waals surface area contributed by atoms with Crippen LogP contribution in [0.1, 0.15) is 30.6 Å². The van der Waals surface area contributed by atoms with Crippen LogP contribution in [0, 0.1) is 5.92 Å². The molecule has 0 aliphatic carbocycles. The molecule has 1 N–H and O–H groups in total. The summed E-state index contributed by atoms with van der Waals surface area (Å²) in [4.78, 5) is 19.1. The lowest BCUT2D eigenvalue weighted by molar-refractivity contribution is 0.0303. The SMILES string of the molecule is CC1=CSCCC1/C(C)=N/Nc1ccc(-c2cccc(C(=O)N3CCOCC3)c2)cn1. The molecule has 0 bridgehead atoms. The number of nitrogens with one attached hydrogen (secondary N) is 1. The molecule has 0 saturated carbocycles. The van der Waals surface area contributed by atoms with Crippen LogP contribution < -0.4 is 5.43 Å². The maximum Gasteiger partial charge on any atom is 0.254 e. The van der Waals surface area contributed by atoms with E-state index in [9.17, 15) is 4.79 Å². The lowest BCUT2D eigenvalue weighted by Gasteiger charge is -2.27. The molecule has 2 aliphatic rings. The van der Waals surface area contributed by atoms with Crippen molar-refractivity contribution in [3.63, 3.8) is 0 Å². The molecule has 3 heterocycles. The lowest BCUT2D eigenvalue weighted by Crippen LogP contribution is -2.40. The summed E-state index contributed by atoms with van der Waals surface area (Å²) < 4.78 is 5.34. The minimum absolute atomic E-state index is 0.0478. The van der Waals surface area contributed by atoms with E-state index in [1.54, 1.807) is 0 Å². The van der Waals surface area contributed by atoms with Crippen LogP contribution in [-0.2, 0) is 4.74 Å². The number of benzene rings is 1. The van der Waals surface area contributed by atoms with Crippen molar-refractivity contribution >= 4 is 29.2 Å². The van der Waals surface area contributed by atoms with Gasteiger partial charge in [-0.15, -0.1) is 11.8 Å². The first kappa shape index (κ1) is 21.6. The standard InChI is InChI=1S/C24H28N4O2S/c1-17-16-31-13-8-22(17)18(2)26-27-23-7-6-21(15-25-23)19-4-3-5-20(14-19)24(29)28-9-11-30-12-10-28/h3-7,14-16,22H,8-13H2,1-2H3,(H,25,27)/b26-18+. The van der Waals surface area contributed by atoms with Gasteiger partial charge in [0.25, 0.3) is 5.91 Å². The summed E-state index contributed by atoms with van der Waals surface area (Å²) in [6.07, 6.45) is 2.93.